The van der Waals surface area contributed by atoms with E-state index >= 15 is 0 Å². The highest BCUT2D eigenvalue weighted by Gasteiger charge is 2.39. The second kappa shape index (κ2) is 6.48. The van der Waals surface area contributed by atoms with Gasteiger partial charge in [0.05, 0.1) is 12.0 Å². The molecular formula is C13H20ClFN2O3S. The number of halogens is 2. The van der Waals surface area contributed by atoms with E-state index in [9.17, 15) is 12.8 Å². The number of nitrogens with two attached hydrogens (primary N) is 1. The van der Waals surface area contributed by atoms with E-state index in [4.69, 9.17) is 10.5 Å². The minimum Gasteiger partial charge on any atom is -0.494 e. The Morgan fingerprint density at radius 3 is 2.67 bits per heavy atom. The van der Waals surface area contributed by atoms with Crippen LogP contribution in [0.5, 0.6) is 5.75 Å². The van der Waals surface area contributed by atoms with Crippen molar-refractivity contribution in [3.8, 4) is 5.75 Å². The Morgan fingerprint density at radius 1 is 1.48 bits per heavy atom. The lowest BCUT2D eigenvalue weighted by Gasteiger charge is -2.22. The summed E-state index contributed by atoms with van der Waals surface area (Å²) in [6.07, 6.45) is 0.723. The minimum absolute atomic E-state index is 0. The highest BCUT2D eigenvalue weighted by Crippen LogP contribution is 2.33. The van der Waals surface area contributed by atoms with E-state index in [-0.39, 0.29) is 28.5 Å². The van der Waals surface area contributed by atoms with E-state index in [1.54, 1.807) is 0 Å². The highest BCUT2D eigenvalue weighted by atomic mass is 35.5. The van der Waals surface area contributed by atoms with Crippen LogP contribution in [0.1, 0.15) is 13.3 Å². The molecule has 2 rings (SSSR count). The molecule has 0 aromatic heterocycles. The van der Waals surface area contributed by atoms with Crippen LogP contribution in [0.4, 0.5) is 4.39 Å². The maximum absolute atomic E-state index is 13.4. The molecule has 1 aliphatic rings. The number of nitrogens with zero attached hydrogens (tertiary/aromatic N) is 1. The second-order valence-electron chi connectivity index (χ2n) is 5.40. The molecular weight excluding hydrogens is 319 g/mol. The Hall–Kier alpha value is -0.890. The molecule has 1 aromatic rings. The number of ether oxygens (including phenoxy) is 1. The standard InChI is InChI=1S/C13H19FN2O3S.ClH/c1-13(8-15)5-6-16(9-13)20(17,18)10-3-4-11(14)12(7-10)19-2;/h3-4,7H,5-6,8-9,15H2,1-2H3;1H. The van der Waals surface area contributed by atoms with Gasteiger partial charge in [0, 0.05) is 19.2 Å². The number of methoxy groups -OCH3 is 1. The summed E-state index contributed by atoms with van der Waals surface area (Å²) in [7, 11) is -2.34. The maximum Gasteiger partial charge on any atom is 0.243 e. The minimum atomic E-state index is -3.64. The van der Waals surface area contributed by atoms with E-state index in [1.807, 2.05) is 6.92 Å². The molecule has 0 radical (unpaired) electrons. The van der Waals surface area contributed by atoms with Crippen molar-refractivity contribution in [3.05, 3.63) is 24.0 Å². The molecule has 5 nitrogen and oxygen atoms in total. The molecule has 1 aliphatic heterocycles. The zero-order valence-corrected chi connectivity index (χ0v) is 13.6. The van der Waals surface area contributed by atoms with Crippen molar-refractivity contribution in [2.75, 3.05) is 26.7 Å². The van der Waals surface area contributed by atoms with Gasteiger partial charge in [-0.15, -0.1) is 12.4 Å². The summed E-state index contributed by atoms with van der Waals surface area (Å²) in [5.41, 5.74) is 5.49. The van der Waals surface area contributed by atoms with Crippen LogP contribution in [0.2, 0.25) is 0 Å². The lowest BCUT2D eigenvalue weighted by Crippen LogP contribution is -2.34. The van der Waals surface area contributed by atoms with Gasteiger partial charge in [-0.1, -0.05) is 6.92 Å². The molecule has 1 unspecified atom stereocenters. The van der Waals surface area contributed by atoms with Crippen molar-refractivity contribution in [2.45, 2.75) is 18.2 Å². The molecule has 0 aliphatic carbocycles. The quantitative estimate of drug-likeness (QED) is 0.905. The zero-order chi connectivity index (χ0) is 15.0. The molecule has 1 heterocycles. The van der Waals surface area contributed by atoms with Gasteiger partial charge in [0.2, 0.25) is 10.0 Å². The van der Waals surface area contributed by atoms with Gasteiger partial charge in [0.1, 0.15) is 0 Å². The monoisotopic (exact) mass is 338 g/mol. The van der Waals surface area contributed by atoms with Gasteiger partial charge < -0.3 is 10.5 Å². The number of hydrogen-bond donors (Lipinski definition) is 1. The van der Waals surface area contributed by atoms with Crippen LogP contribution in [-0.2, 0) is 10.0 Å². The Bertz CT molecular complexity index is 611. The fraction of sp³-hybridized carbons (Fsp3) is 0.538. The average Bonchev–Trinajstić information content (AvgIpc) is 2.83. The lowest BCUT2D eigenvalue weighted by atomic mass is 9.90. The van der Waals surface area contributed by atoms with Gasteiger partial charge in [-0.05, 0) is 30.5 Å². The maximum atomic E-state index is 13.4. The molecule has 1 atom stereocenters. The Labute approximate surface area is 130 Å². The third kappa shape index (κ3) is 3.48. The fourth-order valence-electron chi connectivity index (χ4n) is 2.30. The molecule has 120 valence electrons. The number of sulfonamides is 1. The van der Waals surface area contributed by atoms with Crippen molar-refractivity contribution >= 4 is 22.4 Å². The van der Waals surface area contributed by atoms with E-state index in [0.717, 1.165) is 12.5 Å². The van der Waals surface area contributed by atoms with Gasteiger partial charge >= 0.3 is 0 Å². The lowest BCUT2D eigenvalue weighted by molar-refractivity contribution is 0.349. The first-order valence-electron chi connectivity index (χ1n) is 6.36. The van der Waals surface area contributed by atoms with Crippen molar-refractivity contribution < 1.29 is 17.5 Å². The average molecular weight is 339 g/mol. The second-order valence-corrected chi connectivity index (χ2v) is 7.34. The van der Waals surface area contributed by atoms with Crippen LogP contribution in [0, 0.1) is 11.2 Å². The molecule has 1 aromatic carbocycles. The highest BCUT2D eigenvalue weighted by molar-refractivity contribution is 7.89. The Balaban J connectivity index is 0.00000220. The third-order valence-electron chi connectivity index (χ3n) is 3.78. The molecule has 8 heteroatoms. The SMILES string of the molecule is COc1cc(S(=O)(=O)N2CCC(C)(CN)C2)ccc1F.Cl. The summed E-state index contributed by atoms with van der Waals surface area (Å²) in [6, 6.07) is 3.57. The fourth-order valence-corrected chi connectivity index (χ4v) is 3.91. The largest absolute Gasteiger partial charge is 0.494 e. The third-order valence-corrected chi connectivity index (χ3v) is 5.62. The molecule has 0 amide bonds. The summed E-state index contributed by atoms with van der Waals surface area (Å²) in [4.78, 5) is 0.0389. The molecule has 0 spiro atoms. The van der Waals surface area contributed by atoms with Gasteiger partial charge in [0.25, 0.3) is 0 Å². The predicted octanol–water partition coefficient (Wildman–Crippen LogP) is 1.62. The molecule has 2 N–H and O–H groups in total. The smallest absolute Gasteiger partial charge is 0.243 e. The number of benzene rings is 1. The Morgan fingerprint density at radius 2 is 2.14 bits per heavy atom. The van der Waals surface area contributed by atoms with Crippen LogP contribution in [0.25, 0.3) is 0 Å². The van der Waals surface area contributed by atoms with Crippen molar-refractivity contribution in [1.82, 2.24) is 4.31 Å². The van der Waals surface area contributed by atoms with Gasteiger partial charge in [-0.25, -0.2) is 12.8 Å². The van der Waals surface area contributed by atoms with Gasteiger partial charge in [0.15, 0.2) is 11.6 Å². The summed E-state index contributed by atoms with van der Waals surface area (Å²) < 4.78 is 44.6. The van der Waals surface area contributed by atoms with Gasteiger partial charge in [-0.2, -0.15) is 4.31 Å². The summed E-state index contributed by atoms with van der Waals surface area (Å²) >= 11 is 0. The molecule has 1 saturated heterocycles. The zero-order valence-electron chi connectivity index (χ0n) is 12.0. The van der Waals surface area contributed by atoms with Crippen LogP contribution < -0.4 is 10.5 Å². The first kappa shape index (κ1) is 18.2. The first-order chi connectivity index (χ1) is 9.32. The van der Waals surface area contributed by atoms with Crippen LogP contribution in [0.15, 0.2) is 23.1 Å². The van der Waals surface area contributed by atoms with E-state index in [1.165, 1.54) is 23.5 Å². The van der Waals surface area contributed by atoms with Crippen LogP contribution in [-0.4, -0.2) is 39.5 Å². The van der Waals surface area contributed by atoms with Gasteiger partial charge in [-0.3, -0.25) is 0 Å². The summed E-state index contributed by atoms with van der Waals surface area (Å²) in [6.45, 7) is 3.21. The predicted molar refractivity (Wildman–Crippen MR) is 80.7 cm³/mol. The Kier molecular flexibility index (Phi) is 5.60. The van der Waals surface area contributed by atoms with Crippen molar-refractivity contribution in [1.29, 1.82) is 0 Å². The summed E-state index contributed by atoms with van der Waals surface area (Å²) in [5, 5.41) is 0. The topological polar surface area (TPSA) is 72.6 Å². The van der Waals surface area contributed by atoms with E-state index in [0.29, 0.717) is 19.6 Å². The molecule has 0 saturated carbocycles. The molecule has 1 fully saturated rings. The van der Waals surface area contributed by atoms with Crippen LogP contribution >= 0.6 is 12.4 Å². The molecule has 21 heavy (non-hydrogen) atoms. The molecule has 0 bridgehead atoms. The van der Waals surface area contributed by atoms with E-state index < -0.39 is 15.8 Å². The van der Waals surface area contributed by atoms with Crippen LogP contribution in [0.3, 0.4) is 0 Å². The normalized spacial score (nSPS) is 22.9. The van der Waals surface area contributed by atoms with Crippen molar-refractivity contribution in [3.63, 3.8) is 0 Å². The van der Waals surface area contributed by atoms with E-state index in [2.05, 4.69) is 0 Å². The number of hydrogen-bond acceptors (Lipinski definition) is 4. The first-order valence-corrected chi connectivity index (χ1v) is 7.80. The summed E-state index contributed by atoms with van der Waals surface area (Å²) in [5.74, 6) is -0.661. The number of rotatable bonds is 4. The van der Waals surface area contributed by atoms with Crippen molar-refractivity contribution in [2.24, 2.45) is 11.1 Å².